The second-order valence-corrected chi connectivity index (χ2v) is 9.19. The Bertz CT molecular complexity index is 714. The Kier molecular flexibility index (Phi) is 10.8. The molecule has 1 unspecified atom stereocenters. The van der Waals surface area contributed by atoms with Gasteiger partial charge in [-0.2, -0.15) is 0 Å². The van der Waals surface area contributed by atoms with Gasteiger partial charge in [-0.25, -0.2) is 0 Å². The summed E-state index contributed by atoms with van der Waals surface area (Å²) in [5, 5.41) is 0. The molecule has 1 aliphatic heterocycles. The van der Waals surface area contributed by atoms with Gasteiger partial charge in [0.15, 0.2) is 0 Å². The molecule has 1 fully saturated rings. The number of amides is 1. The van der Waals surface area contributed by atoms with Crippen molar-refractivity contribution in [3.8, 4) is 0 Å². The minimum atomic E-state index is -0.200. The third kappa shape index (κ3) is 10.1. The second kappa shape index (κ2) is 13.3. The second-order valence-electron chi connectivity index (χ2n) is 9.19. The van der Waals surface area contributed by atoms with Gasteiger partial charge in [-0.3, -0.25) is 9.59 Å². The molecule has 1 aliphatic rings. The summed E-state index contributed by atoms with van der Waals surface area (Å²) in [6.07, 6.45) is 11.2. The average molecular weight is 430 g/mol. The molecule has 1 atom stereocenters. The van der Waals surface area contributed by atoms with Crippen molar-refractivity contribution in [1.82, 2.24) is 4.90 Å². The molecule has 0 radical (unpaired) electrons. The minimum absolute atomic E-state index is 0.158. The van der Waals surface area contributed by atoms with E-state index in [1.807, 2.05) is 11.0 Å². The summed E-state index contributed by atoms with van der Waals surface area (Å²) in [7, 11) is 2.32. The lowest BCUT2D eigenvalue weighted by molar-refractivity contribution is -0.920. The van der Waals surface area contributed by atoms with Gasteiger partial charge in [-0.15, -0.1) is 0 Å². The molecule has 172 valence electrons. The largest absolute Gasteiger partial charge is 0.466 e. The van der Waals surface area contributed by atoms with Gasteiger partial charge in [-0.1, -0.05) is 55.2 Å². The highest BCUT2D eigenvalue weighted by Crippen LogP contribution is 2.17. The smallest absolute Gasteiger partial charge is 0.302 e. The molecule has 1 aromatic carbocycles. The van der Waals surface area contributed by atoms with Crippen molar-refractivity contribution in [2.45, 2.75) is 65.3 Å². The van der Waals surface area contributed by atoms with E-state index in [0.29, 0.717) is 6.61 Å². The number of hydrogen-bond donors (Lipinski definition) is 0. The Balaban J connectivity index is 1.64. The zero-order chi connectivity index (χ0) is 22.5. The average Bonchev–Trinajstić information content (AvgIpc) is 2.92. The van der Waals surface area contributed by atoms with Crippen LogP contribution in [0.5, 0.6) is 0 Å². The SMILES string of the molecule is CC(=O)OCCCCCCC/C=C/C(=O)N1CCC[N+](C)(Cc2ccc(C)cc2)CC1. The molecule has 5 nitrogen and oxygen atoms in total. The first kappa shape index (κ1) is 25.1. The van der Waals surface area contributed by atoms with Crippen LogP contribution < -0.4 is 0 Å². The highest BCUT2D eigenvalue weighted by atomic mass is 16.5. The number of likely N-dealkylation sites (N-methyl/N-ethyl adjacent to an activating group) is 1. The Labute approximate surface area is 188 Å². The van der Waals surface area contributed by atoms with Crippen molar-refractivity contribution < 1.29 is 18.8 Å². The van der Waals surface area contributed by atoms with Crippen LogP contribution in [0.25, 0.3) is 0 Å². The summed E-state index contributed by atoms with van der Waals surface area (Å²) < 4.78 is 5.93. The van der Waals surface area contributed by atoms with Crippen molar-refractivity contribution in [2.75, 3.05) is 39.8 Å². The normalized spacial score (nSPS) is 19.4. The van der Waals surface area contributed by atoms with Crippen molar-refractivity contribution in [3.05, 3.63) is 47.5 Å². The number of esters is 1. The van der Waals surface area contributed by atoms with Crippen LogP contribution in [0, 0.1) is 6.92 Å². The predicted octanol–water partition coefficient (Wildman–Crippen LogP) is 4.63. The van der Waals surface area contributed by atoms with Crippen molar-refractivity contribution in [1.29, 1.82) is 0 Å². The number of rotatable bonds is 11. The fourth-order valence-electron chi connectivity index (χ4n) is 4.14. The molecule has 1 saturated heterocycles. The number of benzene rings is 1. The zero-order valence-corrected chi connectivity index (χ0v) is 19.8. The van der Waals surface area contributed by atoms with Gasteiger partial charge >= 0.3 is 5.97 Å². The van der Waals surface area contributed by atoms with Gasteiger partial charge in [0.1, 0.15) is 6.54 Å². The number of nitrogens with zero attached hydrogens (tertiary/aromatic N) is 2. The van der Waals surface area contributed by atoms with E-state index in [1.165, 1.54) is 18.1 Å². The summed E-state index contributed by atoms with van der Waals surface area (Å²) in [4.78, 5) is 25.3. The van der Waals surface area contributed by atoms with Crippen LogP contribution >= 0.6 is 0 Å². The Morgan fingerprint density at radius 2 is 1.74 bits per heavy atom. The topological polar surface area (TPSA) is 46.6 Å². The van der Waals surface area contributed by atoms with E-state index in [0.717, 1.165) is 82.2 Å². The maximum atomic E-state index is 12.6. The molecule has 1 amide bonds. The summed E-state index contributed by atoms with van der Waals surface area (Å²) in [6, 6.07) is 8.83. The van der Waals surface area contributed by atoms with E-state index in [1.54, 1.807) is 6.08 Å². The number of hydrogen-bond acceptors (Lipinski definition) is 3. The molecule has 0 aliphatic carbocycles. The van der Waals surface area contributed by atoms with Crippen LogP contribution in [0.15, 0.2) is 36.4 Å². The van der Waals surface area contributed by atoms with Crippen molar-refractivity contribution >= 4 is 11.9 Å². The molecule has 0 N–H and O–H groups in total. The van der Waals surface area contributed by atoms with Crippen molar-refractivity contribution in [2.24, 2.45) is 0 Å². The van der Waals surface area contributed by atoms with Crippen LogP contribution in [-0.4, -0.2) is 61.1 Å². The molecule has 1 heterocycles. The lowest BCUT2D eigenvalue weighted by Crippen LogP contribution is -2.46. The third-order valence-electron chi connectivity index (χ3n) is 6.11. The molecule has 2 rings (SSSR count). The standard InChI is InChI=1S/C26H41N2O3/c1-23-13-15-25(16-14-23)22-28(3)19-11-17-27(18-20-28)26(30)12-9-7-5-4-6-8-10-21-31-24(2)29/h9,12-16H,4-8,10-11,17-22H2,1-3H3/q+1/b12-9+. The molecule has 1 aromatic rings. The Morgan fingerprint density at radius 1 is 1.03 bits per heavy atom. The van der Waals surface area contributed by atoms with E-state index < -0.39 is 0 Å². The van der Waals surface area contributed by atoms with E-state index in [-0.39, 0.29) is 11.9 Å². The van der Waals surface area contributed by atoms with Crippen molar-refractivity contribution in [3.63, 3.8) is 0 Å². The fourth-order valence-corrected chi connectivity index (χ4v) is 4.14. The molecule has 31 heavy (non-hydrogen) atoms. The Hall–Kier alpha value is -2.14. The molecule has 0 spiro atoms. The third-order valence-corrected chi connectivity index (χ3v) is 6.11. The summed E-state index contributed by atoms with van der Waals surface area (Å²) in [6.45, 7) is 8.92. The summed E-state index contributed by atoms with van der Waals surface area (Å²) in [5.74, 6) is -0.0424. The van der Waals surface area contributed by atoms with Crippen LogP contribution in [-0.2, 0) is 20.9 Å². The van der Waals surface area contributed by atoms with E-state index in [2.05, 4.69) is 38.2 Å². The van der Waals surface area contributed by atoms with Gasteiger partial charge in [0, 0.05) is 25.5 Å². The molecule has 0 bridgehead atoms. The fraction of sp³-hybridized carbons (Fsp3) is 0.615. The molecule has 0 aromatic heterocycles. The molecule has 0 saturated carbocycles. The highest BCUT2D eigenvalue weighted by molar-refractivity contribution is 5.87. The number of aryl methyl sites for hydroxylation is 1. The Morgan fingerprint density at radius 3 is 2.48 bits per heavy atom. The summed E-state index contributed by atoms with van der Waals surface area (Å²) in [5.41, 5.74) is 2.67. The maximum Gasteiger partial charge on any atom is 0.302 e. The lowest BCUT2D eigenvalue weighted by Gasteiger charge is -2.33. The quantitative estimate of drug-likeness (QED) is 0.223. The monoisotopic (exact) mass is 429 g/mol. The van der Waals surface area contributed by atoms with E-state index >= 15 is 0 Å². The molecular weight excluding hydrogens is 388 g/mol. The van der Waals surface area contributed by atoms with Gasteiger partial charge in [0.05, 0.1) is 33.3 Å². The van der Waals surface area contributed by atoms with Crippen LogP contribution in [0.1, 0.15) is 63.0 Å². The molecule has 5 heteroatoms. The maximum absolute atomic E-state index is 12.6. The van der Waals surface area contributed by atoms with Crippen LogP contribution in [0.2, 0.25) is 0 Å². The van der Waals surface area contributed by atoms with Gasteiger partial charge < -0.3 is 14.1 Å². The van der Waals surface area contributed by atoms with Gasteiger partial charge in [0.25, 0.3) is 0 Å². The first-order chi connectivity index (χ1) is 14.9. The van der Waals surface area contributed by atoms with Gasteiger partial charge in [0.2, 0.25) is 5.91 Å². The number of unbranched alkanes of at least 4 members (excludes halogenated alkanes) is 5. The number of carbonyl (C=O) groups excluding carboxylic acids is 2. The number of ether oxygens (including phenoxy) is 1. The number of carbonyl (C=O) groups is 2. The summed E-state index contributed by atoms with van der Waals surface area (Å²) >= 11 is 0. The van der Waals surface area contributed by atoms with Gasteiger partial charge in [-0.05, 0) is 32.3 Å². The van der Waals surface area contributed by atoms with E-state index in [4.69, 9.17) is 4.74 Å². The first-order valence-corrected chi connectivity index (χ1v) is 11.9. The number of allylic oxidation sites excluding steroid dienone is 1. The van der Waals surface area contributed by atoms with Crippen LogP contribution in [0.4, 0.5) is 0 Å². The van der Waals surface area contributed by atoms with E-state index in [9.17, 15) is 9.59 Å². The minimum Gasteiger partial charge on any atom is -0.466 e. The first-order valence-electron chi connectivity index (χ1n) is 11.9. The highest BCUT2D eigenvalue weighted by Gasteiger charge is 2.27. The lowest BCUT2D eigenvalue weighted by atomic mass is 10.1. The van der Waals surface area contributed by atoms with Crippen LogP contribution in [0.3, 0.4) is 0 Å². The zero-order valence-electron chi connectivity index (χ0n) is 19.8. The number of quaternary nitrogens is 1. The molecular formula is C26H41N2O3+. The predicted molar refractivity (Wildman–Crippen MR) is 125 cm³/mol.